The predicted molar refractivity (Wildman–Crippen MR) is 89.1 cm³/mol. The summed E-state index contributed by atoms with van der Waals surface area (Å²) in [6.07, 6.45) is 4.41. The number of aromatic nitrogens is 2. The van der Waals surface area contributed by atoms with Crippen molar-refractivity contribution in [3.05, 3.63) is 16.5 Å². The molecule has 6 rings (SSSR count). The van der Waals surface area contributed by atoms with Crippen molar-refractivity contribution in [1.82, 2.24) is 14.9 Å². The van der Waals surface area contributed by atoms with Gasteiger partial charge in [-0.2, -0.15) is 0 Å². The van der Waals surface area contributed by atoms with Crippen molar-refractivity contribution in [2.45, 2.75) is 37.3 Å². The highest BCUT2D eigenvalue weighted by Gasteiger charge is 2.65. The Labute approximate surface area is 149 Å². The number of carbonyl (C=O) groups is 1. The number of fused-ring (bicyclic) bond motifs is 2. The second-order valence-corrected chi connectivity index (χ2v) is 8.61. The van der Waals surface area contributed by atoms with E-state index in [1.54, 1.807) is 6.07 Å². The topological polar surface area (TPSA) is 69.6 Å². The average Bonchev–Trinajstić information content (AvgIpc) is 2.95. The smallest absolute Gasteiger partial charge is 0.251 e. The van der Waals surface area contributed by atoms with Crippen molar-refractivity contribution >= 4 is 34.9 Å². The zero-order valence-electron chi connectivity index (χ0n) is 13.1. The van der Waals surface area contributed by atoms with E-state index in [1.807, 2.05) is 9.80 Å². The number of rotatable bonds is 4. The van der Waals surface area contributed by atoms with Gasteiger partial charge >= 0.3 is 0 Å². The molecule has 4 bridgehead atoms. The van der Waals surface area contributed by atoms with Crippen LogP contribution in [0.2, 0.25) is 10.4 Å². The number of hydrogen-bond donors (Lipinski definition) is 1. The van der Waals surface area contributed by atoms with Crippen LogP contribution in [0.25, 0.3) is 0 Å². The lowest BCUT2D eigenvalue weighted by molar-refractivity contribution is -0.154. The molecular weight excluding hydrogens is 351 g/mol. The van der Waals surface area contributed by atoms with Gasteiger partial charge < -0.3 is 14.9 Å². The summed E-state index contributed by atoms with van der Waals surface area (Å²) < 4.78 is 0. The van der Waals surface area contributed by atoms with Gasteiger partial charge in [-0.25, -0.2) is 9.97 Å². The van der Waals surface area contributed by atoms with Gasteiger partial charge in [0.15, 0.2) is 0 Å². The summed E-state index contributed by atoms with van der Waals surface area (Å²) >= 11 is 11.9. The first kappa shape index (κ1) is 15.2. The van der Waals surface area contributed by atoms with Gasteiger partial charge in [0.2, 0.25) is 5.28 Å². The fraction of sp³-hybridized carbons (Fsp3) is 0.688. The van der Waals surface area contributed by atoms with Crippen LogP contribution < -0.4 is 4.90 Å². The van der Waals surface area contributed by atoms with Gasteiger partial charge in [-0.1, -0.05) is 11.6 Å². The summed E-state index contributed by atoms with van der Waals surface area (Å²) in [5.74, 6) is 1.42. The molecule has 2 aliphatic heterocycles. The Kier molecular flexibility index (Phi) is 3.00. The average molecular weight is 369 g/mol. The number of nitrogens with zero attached hydrogens (tertiary/aromatic N) is 4. The minimum atomic E-state index is -0.935. The molecule has 24 heavy (non-hydrogen) atoms. The maximum absolute atomic E-state index is 13.1. The van der Waals surface area contributed by atoms with Crippen LogP contribution in [0.5, 0.6) is 0 Å². The molecule has 1 N–H and O–H groups in total. The summed E-state index contributed by atoms with van der Waals surface area (Å²) in [5.41, 5.74) is -0.566. The number of likely N-dealkylation sites (tertiary alicyclic amines) is 1. The van der Waals surface area contributed by atoms with Gasteiger partial charge in [0.25, 0.3) is 5.91 Å². The van der Waals surface area contributed by atoms with E-state index in [2.05, 4.69) is 9.97 Å². The van der Waals surface area contributed by atoms with Crippen molar-refractivity contribution in [2.75, 3.05) is 24.6 Å². The van der Waals surface area contributed by atoms with Crippen LogP contribution in [-0.2, 0) is 4.79 Å². The van der Waals surface area contributed by atoms with Gasteiger partial charge in [0.05, 0.1) is 12.6 Å². The summed E-state index contributed by atoms with van der Waals surface area (Å²) in [6.45, 7) is 1.26. The fourth-order valence-corrected chi connectivity index (χ4v) is 5.65. The second kappa shape index (κ2) is 4.74. The number of piperazine rings is 1. The number of aliphatic hydroxyl groups is 1. The standard InChI is InChI=1S/C16H18Cl2N4O2/c17-11-1-12(20-14(18)19-11)22-6-10-5-16(22,8-23)13(24)21(10)7-15-2-9(3-15)4-15/h1,9-10,23H,2-8H2/t9?,10-,15?,16+/m0/s1. The molecule has 5 aliphatic rings. The molecule has 5 fully saturated rings. The first-order valence-electron chi connectivity index (χ1n) is 8.34. The van der Waals surface area contributed by atoms with Crippen LogP contribution in [0.4, 0.5) is 5.82 Å². The van der Waals surface area contributed by atoms with Gasteiger partial charge in [-0.05, 0) is 42.2 Å². The molecule has 6 nitrogen and oxygen atoms in total. The Balaban J connectivity index is 1.45. The monoisotopic (exact) mass is 368 g/mol. The Morgan fingerprint density at radius 1 is 1.25 bits per heavy atom. The van der Waals surface area contributed by atoms with Crippen molar-refractivity contribution in [3.63, 3.8) is 0 Å². The van der Waals surface area contributed by atoms with Crippen LogP contribution in [-0.4, -0.2) is 57.2 Å². The normalized spacial score (nSPS) is 39.2. The number of carbonyl (C=O) groups excluding carboxylic acids is 1. The molecule has 0 unspecified atom stereocenters. The van der Waals surface area contributed by atoms with Crippen LogP contribution in [0, 0.1) is 11.3 Å². The molecule has 8 heteroatoms. The van der Waals surface area contributed by atoms with Gasteiger partial charge in [0.1, 0.15) is 16.5 Å². The molecular formula is C16H18Cl2N4O2. The highest BCUT2D eigenvalue weighted by Crippen LogP contribution is 2.65. The zero-order chi connectivity index (χ0) is 16.7. The molecule has 3 heterocycles. The van der Waals surface area contributed by atoms with E-state index >= 15 is 0 Å². The molecule has 0 radical (unpaired) electrons. The summed E-state index contributed by atoms with van der Waals surface area (Å²) in [4.78, 5) is 25.1. The predicted octanol–water partition coefficient (Wildman–Crippen LogP) is 1.74. The fourth-order valence-electron chi connectivity index (χ4n) is 5.26. The second-order valence-electron chi connectivity index (χ2n) is 7.89. The van der Waals surface area contributed by atoms with Crippen LogP contribution in [0.15, 0.2) is 6.07 Å². The molecule has 3 aliphatic carbocycles. The molecule has 3 saturated carbocycles. The Hall–Kier alpha value is -1.11. The SMILES string of the molecule is O=C1N(CC23CC(C2)C3)[C@@H]2CN(c3cc(Cl)nc(Cl)n3)[C@@]1(CO)C2. The molecule has 0 aromatic carbocycles. The number of aliphatic hydroxyl groups excluding tert-OH is 1. The van der Waals surface area contributed by atoms with Crippen molar-refractivity contribution in [3.8, 4) is 0 Å². The van der Waals surface area contributed by atoms with E-state index in [1.165, 1.54) is 19.3 Å². The largest absolute Gasteiger partial charge is 0.393 e. The lowest BCUT2D eigenvalue weighted by atomic mass is 9.44. The highest BCUT2D eigenvalue weighted by molar-refractivity contribution is 6.32. The molecule has 128 valence electrons. The van der Waals surface area contributed by atoms with E-state index in [-0.39, 0.29) is 29.0 Å². The maximum atomic E-state index is 13.1. The van der Waals surface area contributed by atoms with E-state index in [0.29, 0.717) is 24.2 Å². The maximum Gasteiger partial charge on any atom is 0.251 e. The highest BCUT2D eigenvalue weighted by atomic mass is 35.5. The van der Waals surface area contributed by atoms with Crippen molar-refractivity contribution in [2.24, 2.45) is 11.3 Å². The van der Waals surface area contributed by atoms with Gasteiger partial charge in [-0.15, -0.1) is 0 Å². The molecule has 0 spiro atoms. The minimum Gasteiger partial charge on any atom is -0.393 e. The third-order valence-electron chi connectivity index (χ3n) is 6.45. The summed E-state index contributed by atoms with van der Waals surface area (Å²) in [7, 11) is 0. The zero-order valence-corrected chi connectivity index (χ0v) is 14.6. The molecule has 1 aromatic rings. The van der Waals surface area contributed by atoms with Crippen LogP contribution in [0.1, 0.15) is 25.7 Å². The molecule has 2 atom stereocenters. The van der Waals surface area contributed by atoms with Crippen LogP contribution >= 0.6 is 23.2 Å². The third kappa shape index (κ3) is 1.85. The van der Waals surface area contributed by atoms with E-state index in [9.17, 15) is 9.90 Å². The van der Waals surface area contributed by atoms with E-state index < -0.39 is 5.54 Å². The van der Waals surface area contributed by atoms with Gasteiger partial charge in [0, 0.05) is 25.6 Å². The van der Waals surface area contributed by atoms with Crippen LogP contribution in [0.3, 0.4) is 0 Å². The first-order valence-corrected chi connectivity index (χ1v) is 9.10. The summed E-state index contributed by atoms with van der Waals surface area (Å²) in [6, 6.07) is 1.72. The Morgan fingerprint density at radius 3 is 2.58 bits per heavy atom. The molecule has 1 aromatic heterocycles. The van der Waals surface area contributed by atoms with Crippen molar-refractivity contribution in [1.29, 1.82) is 0 Å². The molecule has 1 amide bonds. The Morgan fingerprint density at radius 2 is 2.00 bits per heavy atom. The lowest BCUT2D eigenvalue weighted by Gasteiger charge is -2.63. The Bertz CT molecular complexity index is 708. The first-order chi connectivity index (χ1) is 11.4. The van der Waals surface area contributed by atoms with Crippen molar-refractivity contribution < 1.29 is 9.90 Å². The number of halogens is 2. The number of amides is 1. The lowest BCUT2D eigenvalue weighted by Crippen LogP contribution is -2.65. The number of anilines is 1. The quantitative estimate of drug-likeness (QED) is 0.647. The minimum absolute atomic E-state index is 0.0110. The van der Waals surface area contributed by atoms with E-state index in [0.717, 1.165) is 12.5 Å². The molecule has 2 saturated heterocycles. The number of hydrogen-bond acceptors (Lipinski definition) is 5. The van der Waals surface area contributed by atoms with E-state index in [4.69, 9.17) is 23.2 Å². The summed E-state index contributed by atoms with van der Waals surface area (Å²) in [5, 5.41) is 10.4. The third-order valence-corrected chi connectivity index (χ3v) is 6.81. The van der Waals surface area contributed by atoms with Gasteiger partial charge in [-0.3, -0.25) is 4.79 Å².